The number of nitrogens with zero attached hydrogens (tertiary/aromatic N) is 3. The first-order chi connectivity index (χ1) is 12.5. The van der Waals surface area contributed by atoms with Gasteiger partial charge in [-0.05, 0) is 49.4 Å². The average molecular weight is 355 g/mol. The number of aliphatic carboxylic acids is 1. The van der Waals surface area contributed by atoms with Gasteiger partial charge in [0.2, 0.25) is 0 Å². The SMILES string of the molecule is CC(C(=O)O)N1CCC(=C2c3ccc(F)cc3CCn3ccnc32)CC1. The molecule has 1 aromatic heterocycles. The van der Waals surface area contributed by atoms with E-state index in [9.17, 15) is 14.3 Å². The molecule has 0 aliphatic carbocycles. The topological polar surface area (TPSA) is 58.4 Å². The van der Waals surface area contributed by atoms with Crippen molar-refractivity contribution in [2.75, 3.05) is 13.1 Å². The number of piperidine rings is 1. The van der Waals surface area contributed by atoms with Crippen molar-refractivity contribution in [1.82, 2.24) is 14.5 Å². The number of imidazole rings is 1. The van der Waals surface area contributed by atoms with Gasteiger partial charge in [-0.25, -0.2) is 9.37 Å². The number of carboxylic acids is 1. The summed E-state index contributed by atoms with van der Waals surface area (Å²) in [4.78, 5) is 17.8. The molecule has 0 spiro atoms. The summed E-state index contributed by atoms with van der Waals surface area (Å²) in [5.41, 5.74) is 4.46. The van der Waals surface area contributed by atoms with Gasteiger partial charge in [-0.3, -0.25) is 9.69 Å². The second-order valence-corrected chi connectivity index (χ2v) is 7.02. The molecule has 1 aromatic carbocycles. The van der Waals surface area contributed by atoms with Crippen LogP contribution in [0.25, 0.3) is 5.57 Å². The third-order valence-corrected chi connectivity index (χ3v) is 5.56. The molecule has 0 amide bonds. The Morgan fingerprint density at radius 1 is 1.23 bits per heavy atom. The minimum atomic E-state index is -0.785. The van der Waals surface area contributed by atoms with Crippen molar-refractivity contribution >= 4 is 11.5 Å². The summed E-state index contributed by atoms with van der Waals surface area (Å²) in [6.07, 6.45) is 6.16. The van der Waals surface area contributed by atoms with Crippen molar-refractivity contribution < 1.29 is 14.3 Å². The number of fused-ring (bicyclic) bond motifs is 2. The lowest BCUT2D eigenvalue weighted by Gasteiger charge is -2.32. The number of aromatic nitrogens is 2. The van der Waals surface area contributed by atoms with E-state index in [1.807, 2.05) is 23.4 Å². The summed E-state index contributed by atoms with van der Waals surface area (Å²) in [6.45, 7) is 3.94. The van der Waals surface area contributed by atoms with Crippen LogP contribution in [0.5, 0.6) is 0 Å². The zero-order valence-corrected chi connectivity index (χ0v) is 14.8. The molecule has 4 rings (SSSR count). The number of carboxylic acid groups (broad SMARTS) is 1. The second-order valence-electron chi connectivity index (χ2n) is 7.02. The zero-order valence-electron chi connectivity index (χ0n) is 14.8. The largest absolute Gasteiger partial charge is 0.480 e. The third-order valence-electron chi connectivity index (χ3n) is 5.56. The Balaban J connectivity index is 1.75. The maximum atomic E-state index is 13.8. The van der Waals surface area contributed by atoms with Gasteiger partial charge in [0.1, 0.15) is 17.7 Å². The lowest BCUT2D eigenvalue weighted by Crippen LogP contribution is -2.42. The molecule has 0 saturated carbocycles. The van der Waals surface area contributed by atoms with E-state index in [0.29, 0.717) is 13.1 Å². The molecule has 5 nitrogen and oxygen atoms in total. The molecule has 2 aromatic rings. The zero-order chi connectivity index (χ0) is 18.3. The highest BCUT2D eigenvalue weighted by Crippen LogP contribution is 2.36. The Morgan fingerprint density at radius 3 is 2.73 bits per heavy atom. The fraction of sp³-hybridized carbons (Fsp3) is 0.400. The van der Waals surface area contributed by atoms with Gasteiger partial charge in [0.25, 0.3) is 0 Å². The summed E-state index contributed by atoms with van der Waals surface area (Å²) in [5.74, 6) is -0.0604. The summed E-state index contributed by atoms with van der Waals surface area (Å²) in [7, 11) is 0. The molecule has 0 bridgehead atoms. The molecule has 2 aliphatic rings. The number of hydrogen-bond acceptors (Lipinski definition) is 3. The minimum Gasteiger partial charge on any atom is -0.480 e. The Hall–Kier alpha value is -2.47. The number of aryl methyl sites for hydroxylation is 2. The number of rotatable bonds is 2. The predicted molar refractivity (Wildman–Crippen MR) is 96.3 cm³/mol. The highest BCUT2D eigenvalue weighted by Gasteiger charge is 2.28. The summed E-state index contributed by atoms with van der Waals surface area (Å²) in [5, 5.41) is 9.24. The van der Waals surface area contributed by atoms with Crippen molar-refractivity contribution in [3.8, 4) is 0 Å². The molecule has 26 heavy (non-hydrogen) atoms. The van der Waals surface area contributed by atoms with Crippen molar-refractivity contribution in [2.24, 2.45) is 0 Å². The van der Waals surface area contributed by atoms with E-state index in [0.717, 1.165) is 48.3 Å². The first-order valence-electron chi connectivity index (χ1n) is 9.04. The van der Waals surface area contributed by atoms with Crippen LogP contribution in [-0.2, 0) is 17.8 Å². The monoisotopic (exact) mass is 355 g/mol. The summed E-state index contributed by atoms with van der Waals surface area (Å²) >= 11 is 0. The van der Waals surface area contributed by atoms with Gasteiger partial charge < -0.3 is 9.67 Å². The van der Waals surface area contributed by atoms with Crippen LogP contribution < -0.4 is 0 Å². The summed E-state index contributed by atoms with van der Waals surface area (Å²) in [6, 6.07) is 4.53. The van der Waals surface area contributed by atoms with Crippen molar-refractivity contribution in [2.45, 2.75) is 38.8 Å². The second kappa shape index (κ2) is 6.68. The third kappa shape index (κ3) is 2.94. The molecule has 3 heterocycles. The van der Waals surface area contributed by atoms with E-state index >= 15 is 0 Å². The summed E-state index contributed by atoms with van der Waals surface area (Å²) < 4.78 is 15.9. The van der Waals surface area contributed by atoms with Gasteiger partial charge in [-0.15, -0.1) is 0 Å². The lowest BCUT2D eigenvalue weighted by atomic mass is 9.89. The maximum Gasteiger partial charge on any atom is 0.320 e. The van der Waals surface area contributed by atoms with Crippen molar-refractivity contribution in [3.63, 3.8) is 0 Å². The molecule has 1 N–H and O–H groups in total. The number of benzene rings is 1. The lowest BCUT2D eigenvalue weighted by molar-refractivity contribution is -0.142. The van der Waals surface area contributed by atoms with Crippen LogP contribution in [0.2, 0.25) is 0 Å². The number of likely N-dealkylation sites (tertiary alicyclic amines) is 1. The van der Waals surface area contributed by atoms with Crippen LogP contribution in [0.1, 0.15) is 36.7 Å². The standard InChI is InChI=1S/C20H22FN3O2/c1-13(20(25)26)23-8-4-14(5-9-23)18-17-3-2-16(21)12-15(17)6-10-24-11-7-22-19(18)24/h2-3,7,11-13H,4-6,8-10H2,1H3,(H,25,26). The van der Waals surface area contributed by atoms with E-state index in [2.05, 4.69) is 9.55 Å². The Kier molecular flexibility index (Phi) is 4.36. The Bertz CT molecular complexity index is 877. The number of carbonyl (C=O) groups is 1. The van der Waals surface area contributed by atoms with Crippen LogP contribution in [-0.4, -0.2) is 44.7 Å². The fourth-order valence-corrected chi connectivity index (χ4v) is 4.03. The number of hydrogen-bond donors (Lipinski definition) is 1. The molecular weight excluding hydrogens is 333 g/mol. The highest BCUT2D eigenvalue weighted by atomic mass is 19.1. The van der Waals surface area contributed by atoms with Crippen molar-refractivity contribution in [3.05, 3.63) is 58.9 Å². The minimum absolute atomic E-state index is 0.210. The highest BCUT2D eigenvalue weighted by molar-refractivity contribution is 5.81. The molecule has 0 radical (unpaired) electrons. The molecule has 136 valence electrons. The van der Waals surface area contributed by atoms with Crippen LogP contribution in [0.3, 0.4) is 0 Å². The smallest absolute Gasteiger partial charge is 0.320 e. The van der Waals surface area contributed by atoms with Crippen LogP contribution in [0.4, 0.5) is 4.39 Å². The van der Waals surface area contributed by atoms with Gasteiger partial charge in [0.05, 0.1) is 0 Å². The maximum absolute atomic E-state index is 13.8. The fourth-order valence-electron chi connectivity index (χ4n) is 4.03. The van der Waals surface area contributed by atoms with E-state index in [4.69, 9.17) is 0 Å². The van der Waals surface area contributed by atoms with Crippen LogP contribution in [0.15, 0.2) is 36.2 Å². The predicted octanol–water partition coefficient (Wildman–Crippen LogP) is 2.95. The molecule has 1 saturated heterocycles. The molecule has 1 unspecified atom stereocenters. The average Bonchev–Trinajstić information content (AvgIpc) is 3.04. The van der Waals surface area contributed by atoms with Gasteiger partial charge in [-0.2, -0.15) is 0 Å². The van der Waals surface area contributed by atoms with Gasteiger partial charge in [-0.1, -0.05) is 11.6 Å². The van der Waals surface area contributed by atoms with Gasteiger partial charge in [0.15, 0.2) is 0 Å². The molecule has 1 fully saturated rings. The first kappa shape index (κ1) is 17.0. The van der Waals surface area contributed by atoms with Gasteiger partial charge in [0, 0.05) is 37.6 Å². The molecule has 1 atom stereocenters. The van der Waals surface area contributed by atoms with E-state index in [-0.39, 0.29) is 5.82 Å². The van der Waals surface area contributed by atoms with E-state index < -0.39 is 12.0 Å². The van der Waals surface area contributed by atoms with Crippen LogP contribution >= 0.6 is 0 Å². The van der Waals surface area contributed by atoms with E-state index in [1.165, 1.54) is 11.6 Å². The normalized spacial score (nSPS) is 18.8. The number of halogens is 1. The first-order valence-corrected chi connectivity index (χ1v) is 9.04. The Morgan fingerprint density at radius 2 is 2.00 bits per heavy atom. The molecular formula is C20H22FN3O2. The van der Waals surface area contributed by atoms with Crippen molar-refractivity contribution in [1.29, 1.82) is 0 Å². The van der Waals surface area contributed by atoms with Crippen LogP contribution in [0, 0.1) is 5.82 Å². The Labute approximate surface area is 151 Å². The molecule has 2 aliphatic heterocycles. The van der Waals surface area contributed by atoms with E-state index in [1.54, 1.807) is 13.0 Å². The van der Waals surface area contributed by atoms with Gasteiger partial charge >= 0.3 is 5.97 Å². The molecule has 6 heteroatoms. The quantitative estimate of drug-likeness (QED) is 0.900.